The molecule has 0 amide bonds. The van der Waals surface area contributed by atoms with Crippen LogP contribution >= 0.6 is 11.6 Å². The molecule has 5 heteroatoms. The number of phenolic OH excluding ortho intramolecular Hbond substituents is 1. The van der Waals surface area contributed by atoms with E-state index in [1.54, 1.807) is 12.1 Å². The summed E-state index contributed by atoms with van der Waals surface area (Å²) in [6.45, 7) is 5.03. The molecule has 0 saturated carbocycles. The standard InChI is InChI=1S/C18H24ClN3O/c1-14-20-8-11-21(14)10-7-16-4-2-3-9-22(16)13-15-5-6-17(23)12-18(15)19/h5-6,8,11-12,16,23H,2-4,7,9-10,13H2,1H3/t16-/m0/s1. The van der Waals surface area contributed by atoms with E-state index < -0.39 is 0 Å². The molecule has 1 aliphatic rings. The molecule has 0 bridgehead atoms. The van der Waals surface area contributed by atoms with Gasteiger partial charge in [0.15, 0.2) is 0 Å². The van der Waals surface area contributed by atoms with Crippen LogP contribution in [0.1, 0.15) is 37.1 Å². The van der Waals surface area contributed by atoms with E-state index in [4.69, 9.17) is 11.6 Å². The van der Waals surface area contributed by atoms with E-state index in [0.29, 0.717) is 11.1 Å². The molecule has 1 aromatic heterocycles. The summed E-state index contributed by atoms with van der Waals surface area (Å²) in [5, 5.41) is 10.2. The van der Waals surface area contributed by atoms with Crippen LogP contribution in [0.5, 0.6) is 5.75 Å². The largest absolute Gasteiger partial charge is 0.508 e. The maximum Gasteiger partial charge on any atom is 0.117 e. The number of benzene rings is 1. The molecular weight excluding hydrogens is 310 g/mol. The normalized spacial score (nSPS) is 19.1. The first-order valence-electron chi connectivity index (χ1n) is 8.32. The summed E-state index contributed by atoms with van der Waals surface area (Å²) in [6, 6.07) is 5.86. The number of aryl methyl sites for hydroxylation is 2. The molecule has 2 heterocycles. The highest BCUT2D eigenvalue weighted by Gasteiger charge is 2.23. The van der Waals surface area contributed by atoms with Gasteiger partial charge in [-0.25, -0.2) is 4.98 Å². The number of aromatic nitrogens is 2. The fourth-order valence-electron chi connectivity index (χ4n) is 3.41. The Morgan fingerprint density at radius 2 is 2.22 bits per heavy atom. The van der Waals surface area contributed by atoms with Gasteiger partial charge >= 0.3 is 0 Å². The number of hydrogen-bond acceptors (Lipinski definition) is 3. The van der Waals surface area contributed by atoms with E-state index in [0.717, 1.165) is 37.4 Å². The average Bonchev–Trinajstić information content (AvgIpc) is 2.94. The quantitative estimate of drug-likeness (QED) is 0.899. The number of hydrogen-bond donors (Lipinski definition) is 1. The summed E-state index contributed by atoms with van der Waals surface area (Å²) >= 11 is 6.28. The second kappa shape index (κ2) is 7.37. The first-order valence-corrected chi connectivity index (χ1v) is 8.70. The zero-order chi connectivity index (χ0) is 16.2. The van der Waals surface area contributed by atoms with Crippen molar-refractivity contribution in [1.29, 1.82) is 0 Å². The SMILES string of the molecule is Cc1nccn1CC[C@@H]1CCCCN1Cc1ccc(O)cc1Cl. The number of piperidine rings is 1. The molecule has 0 spiro atoms. The molecule has 0 aliphatic carbocycles. The monoisotopic (exact) mass is 333 g/mol. The summed E-state index contributed by atoms with van der Waals surface area (Å²) in [4.78, 5) is 6.83. The minimum atomic E-state index is 0.226. The summed E-state index contributed by atoms with van der Waals surface area (Å²) in [5.74, 6) is 1.30. The van der Waals surface area contributed by atoms with Gasteiger partial charge in [0.2, 0.25) is 0 Å². The Hall–Kier alpha value is -1.52. The van der Waals surface area contributed by atoms with Gasteiger partial charge in [-0.2, -0.15) is 0 Å². The van der Waals surface area contributed by atoms with Gasteiger partial charge in [-0.3, -0.25) is 4.90 Å². The smallest absolute Gasteiger partial charge is 0.117 e. The number of rotatable bonds is 5. The summed E-state index contributed by atoms with van der Waals surface area (Å²) in [5.41, 5.74) is 1.09. The topological polar surface area (TPSA) is 41.3 Å². The van der Waals surface area contributed by atoms with Crippen LogP contribution in [0.3, 0.4) is 0 Å². The second-order valence-electron chi connectivity index (χ2n) is 6.35. The van der Waals surface area contributed by atoms with Crippen LogP contribution in [0.4, 0.5) is 0 Å². The van der Waals surface area contributed by atoms with E-state index in [2.05, 4.69) is 27.6 Å². The number of likely N-dealkylation sites (tertiary alicyclic amines) is 1. The molecule has 2 aromatic rings. The van der Waals surface area contributed by atoms with Crippen molar-refractivity contribution in [2.24, 2.45) is 0 Å². The Morgan fingerprint density at radius 1 is 1.35 bits per heavy atom. The minimum absolute atomic E-state index is 0.226. The molecular formula is C18H24ClN3O. The van der Waals surface area contributed by atoms with Crippen LogP contribution in [-0.2, 0) is 13.1 Å². The van der Waals surface area contributed by atoms with E-state index in [-0.39, 0.29) is 5.75 Å². The van der Waals surface area contributed by atoms with Crippen LogP contribution in [0, 0.1) is 6.92 Å². The molecule has 124 valence electrons. The van der Waals surface area contributed by atoms with Gasteiger partial charge in [0.25, 0.3) is 0 Å². The van der Waals surface area contributed by atoms with Gasteiger partial charge in [-0.1, -0.05) is 24.1 Å². The van der Waals surface area contributed by atoms with Gasteiger partial charge < -0.3 is 9.67 Å². The fraction of sp³-hybridized carbons (Fsp3) is 0.500. The number of halogens is 1. The van der Waals surface area contributed by atoms with Crippen LogP contribution in [0.15, 0.2) is 30.6 Å². The lowest BCUT2D eigenvalue weighted by Crippen LogP contribution is -2.39. The first-order chi connectivity index (χ1) is 11.1. The van der Waals surface area contributed by atoms with Crippen LogP contribution in [-0.4, -0.2) is 32.1 Å². The maximum atomic E-state index is 9.50. The van der Waals surface area contributed by atoms with E-state index >= 15 is 0 Å². The third-order valence-corrected chi connectivity index (χ3v) is 5.14. The lowest BCUT2D eigenvalue weighted by atomic mass is 9.98. The van der Waals surface area contributed by atoms with Crippen LogP contribution in [0.2, 0.25) is 5.02 Å². The fourth-order valence-corrected chi connectivity index (χ4v) is 3.64. The van der Waals surface area contributed by atoms with Gasteiger partial charge in [0.1, 0.15) is 11.6 Å². The van der Waals surface area contributed by atoms with Crippen molar-refractivity contribution in [2.75, 3.05) is 6.54 Å². The minimum Gasteiger partial charge on any atom is -0.508 e. The Bertz CT molecular complexity index is 655. The number of phenols is 1. The molecule has 1 aliphatic heterocycles. The Morgan fingerprint density at radius 3 is 2.96 bits per heavy atom. The zero-order valence-corrected chi connectivity index (χ0v) is 14.3. The van der Waals surface area contributed by atoms with Crippen molar-refractivity contribution in [3.8, 4) is 5.75 Å². The van der Waals surface area contributed by atoms with Crippen molar-refractivity contribution in [1.82, 2.24) is 14.5 Å². The number of imidazole rings is 1. The van der Waals surface area contributed by atoms with Crippen LogP contribution in [0.25, 0.3) is 0 Å². The number of nitrogens with zero attached hydrogens (tertiary/aromatic N) is 3. The van der Waals surface area contributed by atoms with Gasteiger partial charge in [-0.05, 0) is 50.4 Å². The van der Waals surface area contributed by atoms with Crippen LogP contribution < -0.4 is 0 Å². The maximum absolute atomic E-state index is 9.50. The average molecular weight is 334 g/mol. The first kappa shape index (κ1) is 16.3. The lowest BCUT2D eigenvalue weighted by Gasteiger charge is -2.36. The molecule has 4 nitrogen and oxygen atoms in total. The zero-order valence-electron chi connectivity index (χ0n) is 13.6. The van der Waals surface area contributed by atoms with Crippen molar-refractivity contribution in [2.45, 2.75) is 51.7 Å². The van der Waals surface area contributed by atoms with E-state index in [9.17, 15) is 5.11 Å². The van der Waals surface area contributed by atoms with Crippen molar-refractivity contribution >= 4 is 11.6 Å². The Kier molecular flexibility index (Phi) is 5.23. The molecule has 1 saturated heterocycles. The molecule has 1 N–H and O–H groups in total. The van der Waals surface area contributed by atoms with Crippen molar-refractivity contribution < 1.29 is 5.11 Å². The second-order valence-corrected chi connectivity index (χ2v) is 6.76. The highest BCUT2D eigenvalue weighted by Crippen LogP contribution is 2.27. The molecule has 23 heavy (non-hydrogen) atoms. The van der Waals surface area contributed by atoms with Crippen molar-refractivity contribution in [3.63, 3.8) is 0 Å². The predicted molar refractivity (Wildman–Crippen MR) is 92.7 cm³/mol. The van der Waals surface area contributed by atoms with E-state index in [1.807, 2.05) is 12.3 Å². The van der Waals surface area contributed by atoms with Gasteiger partial charge in [0, 0.05) is 36.5 Å². The Labute approximate surface area is 142 Å². The third-order valence-electron chi connectivity index (χ3n) is 4.79. The van der Waals surface area contributed by atoms with Gasteiger partial charge in [-0.15, -0.1) is 0 Å². The molecule has 0 radical (unpaired) electrons. The summed E-state index contributed by atoms with van der Waals surface area (Å²) in [7, 11) is 0. The third kappa shape index (κ3) is 4.06. The lowest BCUT2D eigenvalue weighted by molar-refractivity contribution is 0.128. The molecule has 1 aromatic carbocycles. The molecule has 1 fully saturated rings. The molecule has 0 unspecified atom stereocenters. The summed E-state index contributed by atoms with van der Waals surface area (Å²) in [6.07, 6.45) is 8.84. The predicted octanol–water partition coefficient (Wildman–Crippen LogP) is 4.00. The Balaban J connectivity index is 1.65. The van der Waals surface area contributed by atoms with E-state index in [1.165, 1.54) is 19.3 Å². The van der Waals surface area contributed by atoms with Gasteiger partial charge in [0.05, 0.1) is 0 Å². The number of aromatic hydroxyl groups is 1. The highest BCUT2D eigenvalue weighted by molar-refractivity contribution is 6.31. The van der Waals surface area contributed by atoms with Crippen molar-refractivity contribution in [3.05, 3.63) is 47.0 Å². The molecule has 1 atom stereocenters. The highest BCUT2D eigenvalue weighted by atomic mass is 35.5. The summed E-state index contributed by atoms with van der Waals surface area (Å²) < 4.78 is 2.22. The molecule has 3 rings (SSSR count).